The van der Waals surface area contributed by atoms with Crippen LogP contribution in [0.15, 0.2) is 28.7 Å². The molecule has 0 bridgehead atoms. The van der Waals surface area contributed by atoms with Crippen molar-refractivity contribution >= 4 is 51.4 Å². The summed E-state index contributed by atoms with van der Waals surface area (Å²) in [5.41, 5.74) is 12.1. The molecule has 14 heteroatoms. The zero-order chi connectivity index (χ0) is 28.2. The van der Waals surface area contributed by atoms with Gasteiger partial charge in [0.15, 0.2) is 0 Å². The Balaban J connectivity index is 2.47. The summed E-state index contributed by atoms with van der Waals surface area (Å²) in [5.74, 6) is -2.60. The standard InChI is InChI=1S/C24H39BrN6O6S/c25-18-6-4-17(5-7-18)15-38-16-20(23(35)28-14-22(33)34)30-21(32)9-8-19(24(36)37)31-29-13-2-1-11-27-12-3-10-26/h4-7,19-20,27,29,31H,1-3,8-16,26H2,(H,28,35)(H,30,32)(H,33,34)(H,36,37)/t19-,20-/m0/s1. The van der Waals surface area contributed by atoms with Crippen LogP contribution in [0.1, 0.15) is 37.7 Å². The summed E-state index contributed by atoms with van der Waals surface area (Å²) in [5, 5.41) is 26.5. The zero-order valence-corrected chi connectivity index (χ0v) is 23.7. The first kappa shape index (κ1) is 33.8. The van der Waals surface area contributed by atoms with Gasteiger partial charge in [-0.2, -0.15) is 11.8 Å². The Morgan fingerprint density at radius 2 is 1.66 bits per heavy atom. The van der Waals surface area contributed by atoms with Crippen LogP contribution >= 0.6 is 27.7 Å². The molecule has 0 unspecified atom stereocenters. The number of rotatable bonds is 22. The lowest BCUT2D eigenvalue weighted by Crippen LogP contribution is -2.50. The molecule has 0 radical (unpaired) electrons. The van der Waals surface area contributed by atoms with Crippen molar-refractivity contribution in [3.05, 3.63) is 34.3 Å². The minimum atomic E-state index is -1.20. The molecule has 0 aliphatic carbocycles. The molecule has 0 heterocycles. The summed E-state index contributed by atoms with van der Waals surface area (Å²) in [7, 11) is 0. The summed E-state index contributed by atoms with van der Waals surface area (Å²) >= 11 is 4.79. The smallest absolute Gasteiger partial charge is 0.322 e. The van der Waals surface area contributed by atoms with Crippen molar-refractivity contribution in [2.75, 3.05) is 38.5 Å². The van der Waals surface area contributed by atoms with E-state index in [0.29, 0.717) is 18.8 Å². The number of unbranched alkanes of at least 4 members (excludes halogenated alkanes) is 1. The summed E-state index contributed by atoms with van der Waals surface area (Å²) in [6.45, 7) is 2.38. The van der Waals surface area contributed by atoms with Crippen LogP contribution in [0.25, 0.3) is 0 Å². The van der Waals surface area contributed by atoms with Crippen molar-refractivity contribution in [1.82, 2.24) is 26.8 Å². The Morgan fingerprint density at radius 1 is 0.974 bits per heavy atom. The first-order valence-corrected chi connectivity index (χ1v) is 14.4. The lowest BCUT2D eigenvalue weighted by Gasteiger charge is -2.19. The number of hydrogen-bond acceptors (Lipinski definition) is 9. The predicted octanol–water partition coefficient (Wildman–Crippen LogP) is 0.414. The van der Waals surface area contributed by atoms with Gasteiger partial charge in [0.2, 0.25) is 11.8 Å². The van der Waals surface area contributed by atoms with E-state index >= 15 is 0 Å². The van der Waals surface area contributed by atoms with Gasteiger partial charge in [-0.1, -0.05) is 28.1 Å². The Morgan fingerprint density at radius 3 is 2.32 bits per heavy atom. The normalized spacial score (nSPS) is 12.5. The molecule has 0 fully saturated rings. The molecule has 2 amide bonds. The van der Waals surface area contributed by atoms with E-state index in [2.05, 4.69) is 42.7 Å². The summed E-state index contributed by atoms with van der Waals surface area (Å²) in [6, 6.07) is 5.71. The highest BCUT2D eigenvalue weighted by Crippen LogP contribution is 2.16. The lowest BCUT2D eigenvalue weighted by atomic mass is 10.1. The van der Waals surface area contributed by atoms with E-state index in [0.717, 1.165) is 42.4 Å². The number of halogens is 1. The number of carbonyl (C=O) groups is 4. The lowest BCUT2D eigenvalue weighted by molar-refractivity contribution is -0.140. The number of nitrogens with two attached hydrogens (primary N) is 1. The van der Waals surface area contributed by atoms with Gasteiger partial charge in [0, 0.05) is 28.9 Å². The van der Waals surface area contributed by atoms with E-state index < -0.39 is 42.4 Å². The molecule has 0 aliphatic heterocycles. The van der Waals surface area contributed by atoms with E-state index in [4.69, 9.17) is 10.8 Å². The summed E-state index contributed by atoms with van der Waals surface area (Å²) < 4.78 is 0.945. The first-order valence-electron chi connectivity index (χ1n) is 12.5. The van der Waals surface area contributed by atoms with Gasteiger partial charge in [-0.3, -0.25) is 24.6 Å². The number of carboxylic acids is 2. The number of carboxylic acid groups (broad SMARTS) is 2. The van der Waals surface area contributed by atoms with E-state index in [1.807, 2.05) is 24.3 Å². The van der Waals surface area contributed by atoms with Gasteiger partial charge < -0.3 is 31.9 Å². The van der Waals surface area contributed by atoms with Crippen LogP contribution in [-0.2, 0) is 24.9 Å². The van der Waals surface area contributed by atoms with Crippen molar-refractivity contribution in [2.45, 2.75) is 49.9 Å². The minimum absolute atomic E-state index is 0.00428. The fourth-order valence-corrected chi connectivity index (χ4v) is 4.43. The van der Waals surface area contributed by atoms with Crippen molar-refractivity contribution in [1.29, 1.82) is 0 Å². The molecule has 1 aromatic rings. The quantitative estimate of drug-likeness (QED) is 0.0662. The van der Waals surface area contributed by atoms with Crippen LogP contribution in [0, 0.1) is 0 Å². The van der Waals surface area contributed by atoms with Crippen LogP contribution in [-0.4, -0.2) is 84.5 Å². The number of carbonyl (C=O) groups excluding carboxylic acids is 2. The SMILES string of the molecule is NCCCNCCCCNN[C@@H](CCC(=O)N[C@@H](CSCc1ccc(Br)cc1)C(=O)NCC(=O)O)C(=O)O. The number of amides is 2. The molecule has 0 aromatic heterocycles. The van der Waals surface area contributed by atoms with E-state index in [1.165, 1.54) is 11.8 Å². The maximum atomic E-state index is 12.5. The Bertz CT molecular complexity index is 863. The maximum Gasteiger partial charge on any atom is 0.322 e. The highest BCUT2D eigenvalue weighted by Gasteiger charge is 2.23. The molecule has 0 saturated heterocycles. The Kier molecular flexibility index (Phi) is 18.4. The molecule has 1 aromatic carbocycles. The van der Waals surface area contributed by atoms with Gasteiger partial charge >= 0.3 is 11.9 Å². The van der Waals surface area contributed by atoms with Crippen LogP contribution in [0.2, 0.25) is 0 Å². The van der Waals surface area contributed by atoms with Crippen molar-refractivity contribution in [2.24, 2.45) is 5.73 Å². The first-order chi connectivity index (χ1) is 18.2. The van der Waals surface area contributed by atoms with Crippen molar-refractivity contribution in [3.8, 4) is 0 Å². The van der Waals surface area contributed by atoms with Gasteiger partial charge in [0.1, 0.15) is 18.6 Å². The third kappa shape index (κ3) is 16.6. The fourth-order valence-electron chi connectivity index (χ4n) is 3.15. The number of thioether (sulfide) groups is 1. The highest BCUT2D eigenvalue weighted by atomic mass is 79.9. The average Bonchev–Trinajstić information content (AvgIpc) is 2.88. The largest absolute Gasteiger partial charge is 0.480 e. The van der Waals surface area contributed by atoms with Crippen LogP contribution in [0.3, 0.4) is 0 Å². The van der Waals surface area contributed by atoms with Gasteiger partial charge in [-0.05, 0) is 63.0 Å². The fraction of sp³-hybridized carbons (Fsp3) is 0.583. The third-order valence-corrected chi connectivity index (χ3v) is 6.86. The van der Waals surface area contributed by atoms with Crippen molar-refractivity contribution in [3.63, 3.8) is 0 Å². The second-order valence-corrected chi connectivity index (χ2v) is 10.4. The van der Waals surface area contributed by atoms with Crippen molar-refractivity contribution < 1.29 is 29.4 Å². The molecule has 9 N–H and O–H groups in total. The number of hydrazine groups is 1. The molecule has 0 spiro atoms. The van der Waals surface area contributed by atoms with Gasteiger partial charge in [-0.15, -0.1) is 0 Å². The van der Waals surface area contributed by atoms with E-state index in [1.54, 1.807) is 0 Å². The van der Waals surface area contributed by atoms with E-state index in [9.17, 15) is 24.3 Å². The van der Waals surface area contributed by atoms with Crippen LogP contribution in [0.5, 0.6) is 0 Å². The summed E-state index contributed by atoms with van der Waals surface area (Å²) in [6.07, 6.45) is 2.55. The molecule has 0 saturated carbocycles. The topological polar surface area (TPSA) is 195 Å². The Hall–Kier alpha value is -2.23. The van der Waals surface area contributed by atoms with Gasteiger partial charge in [0.25, 0.3) is 0 Å². The molecular formula is C24H39BrN6O6S. The maximum absolute atomic E-state index is 12.5. The zero-order valence-electron chi connectivity index (χ0n) is 21.3. The second kappa shape index (κ2) is 20.7. The third-order valence-electron chi connectivity index (χ3n) is 5.23. The number of benzene rings is 1. The number of nitrogens with one attached hydrogen (secondary N) is 5. The van der Waals surface area contributed by atoms with Gasteiger partial charge in [0.05, 0.1) is 0 Å². The molecule has 12 nitrogen and oxygen atoms in total. The number of aliphatic carboxylic acids is 2. The van der Waals surface area contributed by atoms with Gasteiger partial charge in [-0.25, -0.2) is 5.43 Å². The predicted molar refractivity (Wildman–Crippen MR) is 150 cm³/mol. The molecule has 1 rings (SSSR count). The molecule has 0 aliphatic rings. The second-order valence-electron chi connectivity index (χ2n) is 8.47. The summed E-state index contributed by atoms with van der Waals surface area (Å²) in [4.78, 5) is 47.4. The Labute approximate surface area is 235 Å². The molecular weight excluding hydrogens is 580 g/mol. The monoisotopic (exact) mass is 618 g/mol. The average molecular weight is 620 g/mol. The molecule has 214 valence electrons. The van der Waals surface area contributed by atoms with Crippen LogP contribution in [0.4, 0.5) is 0 Å². The van der Waals surface area contributed by atoms with E-state index in [-0.39, 0.29) is 18.6 Å². The molecule has 2 atom stereocenters. The highest BCUT2D eigenvalue weighted by molar-refractivity contribution is 9.10. The number of hydrogen-bond donors (Lipinski definition) is 8. The minimum Gasteiger partial charge on any atom is -0.480 e. The molecule has 38 heavy (non-hydrogen) atoms. The van der Waals surface area contributed by atoms with Crippen LogP contribution < -0.4 is 32.5 Å².